The summed E-state index contributed by atoms with van der Waals surface area (Å²) in [5, 5.41) is 0. The van der Waals surface area contributed by atoms with Crippen molar-refractivity contribution in [3.8, 4) is 5.69 Å². The minimum Gasteiger partial charge on any atom is -0.379 e. The van der Waals surface area contributed by atoms with Crippen LogP contribution in [-0.4, -0.2) is 9.55 Å². The number of halogens is 1. The molecule has 0 radical (unpaired) electrons. The lowest BCUT2D eigenvalue weighted by molar-refractivity contribution is 0.958. The summed E-state index contributed by atoms with van der Waals surface area (Å²) in [6, 6.07) is 7.59. The molecule has 2 N–H and O–H groups in total. The van der Waals surface area contributed by atoms with E-state index in [-0.39, 0.29) is 11.4 Å². The Hall–Kier alpha value is -1.37. The van der Waals surface area contributed by atoms with Gasteiger partial charge in [-0.15, -0.1) is 0 Å². The summed E-state index contributed by atoms with van der Waals surface area (Å²) in [7, 11) is 0. The smallest absolute Gasteiger partial charge is 0.297 e. The normalized spacial score (nSPS) is 10.2. The van der Waals surface area contributed by atoms with Crippen molar-refractivity contribution in [3.63, 3.8) is 0 Å². The van der Waals surface area contributed by atoms with Crippen molar-refractivity contribution in [2.24, 2.45) is 0 Å². The Labute approximate surface area is 99.9 Å². The van der Waals surface area contributed by atoms with E-state index in [4.69, 9.17) is 5.73 Å². The van der Waals surface area contributed by atoms with Crippen molar-refractivity contribution in [1.82, 2.24) is 9.55 Å². The minimum absolute atomic E-state index is 0.0113. The van der Waals surface area contributed by atoms with Gasteiger partial charge in [0.1, 0.15) is 0 Å². The molecule has 1 aromatic heterocycles. The number of anilines is 1. The molecule has 0 aliphatic carbocycles. The number of rotatable bonds is 1. The van der Waals surface area contributed by atoms with E-state index in [1.165, 1.54) is 10.8 Å². The second-order valence-corrected chi connectivity index (χ2v) is 4.10. The van der Waals surface area contributed by atoms with Crippen molar-refractivity contribution in [2.75, 3.05) is 5.73 Å². The van der Waals surface area contributed by atoms with Crippen molar-refractivity contribution < 1.29 is 0 Å². The maximum absolute atomic E-state index is 11.7. The summed E-state index contributed by atoms with van der Waals surface area (Å²) in [6.45, 7) is 0. The van der Waals surface area contributed by atoms with Crippen molar-refractivity contribution in [1.29, 1.82) is 0 Å². The van der Waals surface area contributed by atoms with Gasteiger partial charge in [-0.25, -0.2) is 4.98 Å². The van der Waals surface area contributed by atoms with Gasteiger partial charge in [-0.05, 0) is 34.7 Å². The minimum atomic E-state index is -0.290. The molecule has 15 heavy (non-hydrogen) atoms. The van der Waals surface area contributed by atoms with E-state index in [1.54, 1.807) is 6.20 Å². The van der Waals surface area contributed by atoms with Crippen LogP contribution in [0.2, 0.25) is 0 Å². The lowest BCUT2D eigenvalue weighted by atomic mass is 10.3. The SMILES string of the molecule is Nc1nccn(-c2ccccc2I)c1=O. The molecule has 5 heteroatoms. The maximum atomic E-state index is 11.7. The Bertz CT molecular complexity index is 550. The third-order valence-corrected chi connectivity index (χ3v) is 2.89. The van der Waals surface area contributed by atoms with Crippen molar-refractivity contribution in [2.45, 2.75) is 0 Å². The first-order chi connectivity index (χ1) is 7.20. The lowest BCUT2D eigenvalue weighted by Crippen LogP contribution is -2.22. The summed E-state index contributed by atoms with van der Waals surface area (Å²) < 4.78 is 2.48. The van der Waals surface area contributed by atoms with Crippen molar-refractivity contribution >= 4 is 28.4 Å². The van der Waals surface area contributed by atoms with E-state index in [2.05, 4.69) is 27.6 Å². The Morgan fingerprint density at radius 2 is 2.07 bits per heavy atom. The molecule has 76 valence electrons. The fourth-order valence-electron chi connectivity index (χ4n) is 1.26. The molecule has 0 unspecified atom stereocenters. The monoisotopic (exact) mass is 313 g/mol. The van der Waals surface area contributed by atoms with E-state index in [0.717, 1.165) is 9.26 Å². The van der Waals surface area contributed by atoms with E-state index < -0.39 is 0 Å². The van der Waals surface area contributed by atoms with Gasteiger partial charge in [0.2, 0.25) is 0 Å². The zero-order chi connectivity index (χ0) is 10.8. The fourth-order valence-corrected chi connectivity index (χ4v) is 1.91. The van der Waals surface area contributed by atoms with Gasteiger partial charge in [-0.3, -0.25) is 9.36 Å². The lowest BCUT2D eigenvalue weighted by Gasteiger charge is -2.07. The first kappa shape index (κ1) is 10.2. The predicted molar refractivity (Wildman–Crippen MR) is 67.0 cm³/mol. The van der Waals surface area contributed by atoms with Crippen LogP contribution in [0.3, 0.4) is 0 Å². The van der Waals surface area contributed by atoms with Gasteiger partial charge in [0.25, 0.3) is 5.56 Å². The first-order valence-electron chi connectivity index (χ1n) is 4.28. The molecular formula is C10H8IN3O. The van der Waals surface area contributed by atoms with Crippen LogP contribution in [0.15, 0.2) is 41.5 Å². The molecule has 4 nitrogen and oxygen atoms in total. The van der Waals surface area contributed by atoms with E-state index in [1.807, 2.05) is 24.3 Å². The van der Waals surface area contributed by atoms with Crippen LogP contribution in [0.1, 0.15) is 0 Å². The molecule has 0 aliphatic heterocycles. The molecular weight excluding hydrogens is 305 g/mol. The summed E-state index contributed by atoms with van der Waals surface area (Å²) >= 11 is 2.17. The highest BCUT2D eigenvalue weighted by atomic mass is 127. The van der Waals surface area contributed by atoms with E-state index in [0.29, 0.717) is 0 Å². The van der Waals surface area contributed by atoms with Crippen LogP contribution in [0, 0.1) is 3.57 Å². The van der Waals surface area contributed by atoms with Crippen LogP contribution in [0.4, 0.5) is 5.82 Å². The van der Waals surface area contributed by atoms with Crippen LogP contribution in [0.25, 0.3) is 5.69 Å². The highest BCUT2D eigenvalue weighted by Crippen LogP contribution is 2.14. The fraction of sp³-hybridized carbons (Fsp3) is 0. The van der Waals surface area contributed by atoms with E-state index in [9.17, 15) is 4.79 Å². The van der Waals surface area contributed by atoms with Crippen LogP contribution < -0.4 is 11.3 Å². The molecule has 2 rings (SSSR count). The Balaban J connectivity index is 2.70. The van der Waals surface area contributed by atoms with Gasteiger partial charge in [0, 0.05) is 16.0 Å². The number of aromatic nitrogens is 2. The number of nitrogens with zero attached hydrogens (tertiary/aromatic N) is 2. The second-order valence-electron chi connectivity index (χ2n) is 2.94. The van der Waals surface area contributed by atoms with Gasteiger partial charge in [0.15, 0.2) is 5.82 Å². The van der Waals surface area contributed by atoms with Gasteiger partial charge in [0.05, 0.1) is 5.69 Å². The number of nitrogens with two attached hydrogens (primary N) is 1. The van der Waals surface area contributed by atoms with Gasteiger partial charge in [-0.1, -0.05) is 12.1 Å². The molecule has 1 heterocycles. The maximum Gasteiger partial charge on any atom is 0.297 e. The summed E-state index contributed by atoms with van der Waals surface area (Å²) in [5.41, 5.74) is 5.99. The molecule has 0 saturated carbocycles. The standard InChI is InChI=1S/C10H8IN3O/c11-7-3-1-2-4-8(7)14-6-5-13-9(12)10(14)15/h1-6H,(H2,12,13). The number of hydrogen-bond acceptors (Lipinski definition) is 3. The Morgan fingerprint density at radius 3 is 2.80 bits per heavy atom. The van der Waals surface area contributed by atoms with E-state index >= 15 is 0 Å². The van der Waals surface area contributed by atoms with Crippen LogP contribution >= 0.6 is 22.6 Å². The third kappa shape index (κ3) is 1.87. The second kappa shape index (κ2) is 4.01. The molecule has 0 amide bonds. The van der Waals surface area contributed by atoms with Gasteiger partial charge >= 0.3 is 0 Å². The molecule has 0 spiro atoms. The number of benzene rings is 1. The zero-order valence-corrected chi connectivity index (χ0v) is 9.88. The van der Waals surface area contributed by atoms with Gasteiger partial charge in [-0.2, -0.15) is 0 Å². The quantitative estimate of drug-likeness (QED) is 0.810. The average Bonchev–Trinajstić information content (AvgIpc) is 2.23. The predicted octanol–water partition coefficient (Wildman–Crippen LogP) is 1.42. The van der Waals surface area contributed by atoms with Gasteiger partial charge < -0.3 is 5.73 Å². The first-order valence-corrected chi connectivity index (χ1v) is 5.36. The Morgan fingerprint density at radius 1 is 1.33 bits per heavy atom. The molecule has 0 bridgehead atoms. The summed E-state index contributed by atoms with van der Waals surface area (Å²) in [4.78, 5) is 15.4. The molecule has 0 fully saturated rings. The number of nitrogen functional groups attached to an aromatic ring is 1. The number of hydrogen-bond donors (Lipinski definition) is 1. The highest BCUT2D eigenvalue weighted by Gasteiger charge is 2.05. The number of para-hydroxylation sites is 1. The zero-order valence-electron chi connectivity index (χ0n) is 7.72. The molecule has 0 aliphatic rings. The average molecular weight is 313 g/mol. The molecule has 1 aromatic carbocycles. The van der Waals surface area contributed by atoms with Crippen LogP contribution in [0.5, 0.6) is 0 Å². The highest BCUT2D eigenvalue weighted by molar-refractivity contribution is 14.1. The summed E-state index contributed by atoms with van der Waals surface area (Å²) in [6.07, 6.45) is 3.12. The third-order valence-electron chi connectivity index (χ3n) is 1.98. The summed E-state index contributed by atoms with van der Waals surface area (Å²) in [5.74, 6) is 0.0113. The largest absolute Gasteiger partial charge is 0.379 e. The molecule has 0 saturated heterocycles. The Kier molecular flexibility index (Phi) is 2.72. The molecule has 0 atom stereocenters. The molecule has 2 aromatic rings. The van der Waals surface area contributed by atoms with Crippen molar-refractivity contribution in [3.05, 3.63) is 50.6 Å². The van der Waals surface area contributed by atoms with Crippen LogP contribution in [-0.2, 0) is 0 Å². The topological polar surface area (TPSA) is 60.9 Å².